The van der Waals surface area contributed by atoms with E-state index in [1.54, 1.807) is 12.4 Å². The van der Waals surface area contributed by atoms with Gasteiger partial charge < -0.3 is 5.73 Å². The summed E-state index contributed by atoms with van der Waals surface area (Å²) in [5, 5.41) is 0. The van der Waals surface area contributed by atoms with Crippen molar-refractivity contribution in [1.29, 1.82) is 0 Å². The maximum absolute atomic E-state index is 5.27. The molecule has 62 valence electrons. The third kappa shape index (κ3) is 2.08. The Balaban J connectivity index is 2.97. The summed E-state index contributed by atoms with van der Waals surface area (Å²) in [6, 6.07) is 1.99. The highest BCUT2D eigenvalue weighted by atomic mass is 14.6. The zero-order valence-electron chi connectivity index (χ0n) is 7.17. The van der Waals surface area contributed by atoms with E-state index in [9.17, 15) is 0 Å². The van der Waals surface area contributed by atoms with E-state index >= 15 is 0 Å². The Morgan fingerprint density at radius 3 is 3.08 bits per heavy atom. The van der Waals surface area contributed by atoms with Crippen LogP contribution in [0.1, 0.15) is 18.1 Å². The standard InChI is InChI=1S/C10H12N2/c1-2-9-5-7-12-8-10(9)4-3-6-11/h5,7-8H,2,6,11H2,1H3. The van der Waals surface area contributed by atoms with Crippen molar-refractivity contribution in [3.8, 4) is 11.8 Å². The Morgan fingerprint density at radius 2 is 2.42 bits per heavy atom. The molecule has 0 atom stereocenters. The van der Waals surface area contributed by atoms with E-state index in [-0.39, 0.29) is 0 Å². The number of aromatic nitrogens is 1. The number of nitrogens with zero attached hydrogens (tertiary/aromatic N) is 1. The molecule has 0 saturated carbocycles. The van der Waals surface area contributed by atoms with Crippen LogP contribution in [0, 0.1) is 11.8 Å². The quantitative estimate of drug-likeness (QED) is 0.621. The van der Waals surface area contributed by atoms with Gasteiger partial charge in [-0.05, 0) is 18.1 Å². The van der Waals surface area contributed by atoms with Gasteiger partial charge in [0.05, 0.1) is 6.54 Å². The fourth-order valence-corrected chi connectivity index (χ4v) is 0.990. The number of rotatable bonds is 1. The largest absolute Gasteiger partial charge is 0.320 e. The third-order valence-corrected chi connectivity index (χ3v) is 1.62. The van der Waals surface area contributed by atoms with Crippen LogP contribution in [0.3, 0.4) is 0 Å². The van der Waals surface area contributed by atoms with Gasteiger partial charge in [-0.2, -0.15) is 0 Å². The molecule has 0 radical (unpaired) electrons. The maximum atomic E-state index is 5.27. The maximum Gasteiger partial charge on any atom is 0.0555 e. The second kappa shape index (κ2) is 4.53. The number of aryl methyl sites for hydroxylation is 1. The Hall–Kier alpha value is -1.33. The minimum atomic E-state index is 0.401. The SMILES string of the molecule is CCc1ccncc1C#CCN. The van der Waals surface area contributed by atoms with Crippen molar-refractivity contribution in [2.75, 3.05) is 6.54 Å². The first-order valence-electron chi connectivity index (χ1n) is 4.00. The first-order chi connectivity index (χ1) is 5.88. The van der Waals surface area contributed by atoms with Crippen molar-refractivity contribution in [3.63, 3.8) is 0 Å². The van der Waals surface area contributed by atoms with Gasteiger partial charge in [-0.25, -0.2) is 0 Å². The summed E-state index contributed by atoms with van der Waals surface area (Å²) in [4.78, 5) is 4.00. The molecular weight excluding hydrogens is 148 g/mol. The molecule has 0 amide bonds. The summed E-state index contributed by atoms with van der Waals surface area (Å²) in [6.07, 6.45) is 4.55. The summed E-state index contributed by atoms with van der Waals surface area (Å²) < 4.78 is 0. The lowest BCUT2D eigenvalue weighted by Crippen LogP contribution is -1.94. The van der Waals surface area contributed by atoms with Crippen LogP contribution in [0.2, 0.25) is 0 Å². The molecule has 0 aliphatic heterocycles. The molecule has 2 N–H and O–H groups in total. The van der Waals surface area contributed by atoms with Gasteiger partial charge in [-0.1, -0.05) is 18.8 Å². The lowest BCUT2D eigenvalue weighted by atomic mass is 10.1. The van der Waals surface area contributed by atoms with E-state index in [2.05, 4.69) is 23.7 Å². The van der Waals surface area contributed by atoms with Crippen LogP contribution in [0.15, 0.2) is 18.5 Å². The van der Waals surface area contributed by atoms with E-state index in [1.165, 1.54) is 5.56 Å². The predicted octanol–water partition coefficient (Wildman–Crippen LogP) is 0.954. The van der Waals surface area contributed by atoms with Gasteiger partial charge in [0.15, 0.2) is 0 Å². The molecule has 1 aromatic heterocycles. The van der Waals surface area contributed by atoms with Gasteiger partial charge in [0.25, 0.3) is 0 Å². The van der Waals surface area contributed by atoms with Gasteiger partial charge in [-0.15, -0.1) is 0 Å². The molecule has 1 rings (SSSR count). The summed E-state index contributed by atoms with van der Waals surface area (Å²) >= 11 is 0. The first kappa shape index (κ1) is 8.76. The zero-order valence-corrected chi connectivity index (χ0v) is 7.17. The molecule has 0 aliphatic rings. The molecule has 1 heterocycles. The Kier molecular flexibility index (Phi) is 3.31. The molecule has 0 spiro atoms. The molecule has 0 aliphatic carbocycles. The Bertz CT molecular complexity index is 307. The average Bonchev–Trinajstić information content (AvgIpc) is 2.15. The number of pyridine rings is 1. The molecule has 0 saturated heterocycles. The first-order valence-corrected chi connectivity index (χ1v) is 4.00. The molecule has 0 aromatic carbocycles. The van der Waals surface area contributed by atoms with Crippen LogP contribution < -0.4 is 5.73 Å². The van der Waals surface area contributed by atoms with E-state index in [4.69, 9.17) is 5.73 Å². The summed E-state index contributed by atoms with van der Waals surface area (Å²) in [7, 11) is 0. The normalized spacial score (nSPS) is 8.83. The van der Waals surface area contributed by atoms with Gasteiger partial charge in [0.1, 0.15) is 0 Å². The van der Waals surface area contributed by atoms with E-state index in [0.717, 1.165) is 12.0 Å². The molecule has 2 heteroatoms. The van der Waals surface area contributed by atoms with Gasteiger partial charge >= 0.3 is 0 Å². The highest BCUT2D eigenvalue weighted by Crippen LogP contribution is 2.04. The zero-order chi connectivity index (χ0) is 8.81. The average molecular weight is 160 g/mol. The van der Waals surface area contributed by atoms with Crippen LogP contribution in [0.4, 0.5) is 0 Å². The Labute approximate surface area is 72.8 Å². The van der Waals surface area contributed by atoms with Crippen molar-refractivity contribution < 1.29 is 0 Å². The van der Waals surface area contributed by atoms with Gasteiger partial charge in [0.2, 0.25) is 0 Å². The number of hydrogen-bond acceptors (Lipinski definition) is 2. The van der Waals surface area contributed by atoms with Crippen molar-refractivity contribution in [2.24, 2.45) is 5.73 Å². The lowest BCUT2D eigenvalue weighted by molar-refractivity contribution is 1.11. The summed E-state index contributed by atoms with van der Waals surface area (Å²) in [5.74, 6) is 5.80. The fraction of sp³-hybridized carbons (Fsp3) is 0.300. The lowest BCUT2D eigenvalue weighted by Gasteiger charge is -1.97. The molecule has 2 nitrogen and oxygen atoms in total. The molecule has 1 aromatic rings. The van der Waals surface area contributed by atoms with Gasteiger partial charge in [0, 0.05) is 18.0 Å². The highest BCUT2D eigenvalue weighted by molar-refractivity contribution is 5.39. The molecular formula is C10H12N2. The molecule has 12 heavy (non-hydrogen) atoms. The third-order valence-electron chi connectivity index (χ3n) is 1.62. The monoisotopic (exact) mass is 160 g/mol. The smallest absolute Gasteiger partial charge is 0.0555 e. The van der Waals surface area contributed by atoms with E-state index in [0.29, 0.717) is 6.54 Å². The second-order valence-electron chi connectivity index (χ2n) is 2.39. The highest BCUT2D eigenvalue weighted by Gasteiger charge is 1.94. The molecule has 0 fully saturated rings. The topological polar surface area (TPSA) is 38.9 Å². The Morgan fingerprint density at radius 1 is 1.58 bits per heavy atom. The van der Waals surface area contributed by atoms with Crippen molar-refractivity contribution in [1.82, 2.24) is 4.98 Å². The van der Waals surface area contributed by atoms with E-state index < -0.39 is 0 Å². The summed E-state index contributed by atoms with van der Waals surface area (Å²) in [6.45, 7) is 2.50. The molecule has 0 bridgehead atoms. The van der Waals surface area contributed by atoms with Gasteiger partial charge in [-0.3, -0.25) is 4.98 Å². The van der Waals surface area contributed by atoms with Crippen LogP contribution in [0.5, 0.6) is 0 Å². The van der Waals surface area contributed by atoms with Crippen LogP contribution >= 0.6 is 0 Å². The second-order valence-corrected chi connectivity index (χ2v) is 2.39. The van der Waals surface area contributed by atoms with Crippen molar-refractivity contribution in [3.05, 3.63) is 29.6 Å². The fourth-order valence-electron chi connectivity index (χ4n) is 0.990. The number of hydrogen-bond donors (Lipinski definition) is 1. The minimum Gasteiger partial charge on any atom is -0.320 e. The molecule has 0 unspecified atom stereocenters. The van der Waals surface area contributed by atoms with Crippen LogP contribution in [-0.4, -0.2) is 11.5 Å². The van der Waals surface area contributed by atoms with E-state index in [1.807, 2.05) is 6.07 Å². The number of nitrogens with two attached hydrogens (primary N) is 1. The predicted molar refractivity (Wildman–Crippen MR) is 49.5 cm³/mol. The van der Waals surface area contributed by atoms with Crippen LogP contribution in [0.25, 0.3) is 0 Å². The van der Waals surface area contributed by atoms with Crippen LogP contribution in [-0.2, 0) is 6.42 Å². The van der Waals surface area contributed by atoms with Crippen molar-refractivity contribution >= 4 is 0 Å². The minimum absolute atomic E-state index is 0.401. The summed E-state index contributed by atoms with van der Waals surface area (Å²) in [5.41, 5.74) is 7.49. The van der Waals surface area contributed by atoms with Crippen molar-refractivity contribution in [2.45, 2.75) is 13.3 Å².